The lowest BCUT2D eigenvalue weighted by molar-refractivity contribution is -0.137. The van der Waals surface area contributed by atoms with Crippen molar-refractivity contribution >= 4 is 23.4 Å². The second-order valence-electron chi connectivity index (χ2n) is 5.52. The van der Waals surface area contributed by atoms with E-state index in [1.54, 1.807) is 36.1 Å². The molecule has 10 heteroatoms. The van der Waals surface area contributed by atoms with Gasteiger partial charge < -0.3 is 9.88 Å². The highest BCUT2D eigenvalue weighted by Crippen LogP contribution is 2.30. The zero-order valence-corrected chi connectivity index (χ0v) is 14.9. The van der Waals surface area contributed by atoms with Crippen LogP contribution in [0.15, 0.2) is 53.9 Å². The zero-order valence-electron chi connectivity index (χ0n) is 14.1. The molecule has 1 amide bonds. The lowest BCUT2D eigenvalue weighted by Crippen LogP contribution is -2.15. The quantitative estimate of drug-likeness (QED) is 0.671. The van der Waals surface area contributed by atoms with Gasteiger partial charge in [0.2, 0.25) is 5.91 Å². The van der Waals surface area contributed by atoms with Gasteiger partial charge in [0.25, 0.3) is 0 Å². The summed E-state index contributed by atoms with van der Waals surface area (Å²) < 4.78 is 39.9. The van der Waals surface area contributed by atoms with Crippen molar-refractivity contribution in [2.24, 2.45) is 7.05 Å². The molecule has 2 heterocycles. The Morgan fingerprint density at radius 1 is 1.19 bits per heavy atom. The number of halogens is 3. The molecule has 0 bridgehead atoms. The number of aromatic nitrogens is 4. The minimum Gasteiger partial charge on any atom is -0.325 e. The largest absolute Gasteiger partial charge is 0.416 e. The van der Waals surface area contributed by atoms with Crippen molar-refractivity contribution in [3.8, 4) is 11.4 Å². The summed E-state index contributed by atoms with van der Waals surface area (Å²) in [6, 6.07) is 8.07. The summed E-state index contributed by atoms with van der Waals surface area (Å²) in [4.78, 5) is 16.0. The van der Waals surface area contributed by atoms with Crippen molar-refractivity contribution in [3.05, 3.63) is 54.4 Å². The molecular formula is C17H14F3N5OS. The average molecular weight is 393 g/mol. The van der Waals surface area contributed by atoms with Crippen LogP contribution >= 0.6 is 11.8 Å². The number of hydrogen-bond acceptors (Lipinski definition) is 5. The monoisotopic (exact) mass is 393 g/mol. The molecule has 0 fully saturated rings. The van der Waals surface area contributed by atoms with E-state index >= 15 is 0 Å². The van der Waals surface area contributed by atoms with Gasteiger partial charge in [0, 0.05) is 30.7 Å². The molecule has 2 aromatic heterocycles. The predicted molar refractivity (Wildman–Crippen MR) is 95.0 cm³/mol. The van der Waals surface area contributed by atoms with E-state index in [1.807, 2.05) is 0 Å². The van der Waals surface area contributed by atoms with Crippen molar-refractivity contribution in [1.29, 1.82) is 0 Å². The third-order valence-corrected chi connectivity index (χ3v) is 4.60. The Morgan fingerprint density at radius 3 is 2.63 bits per heavy atom. The fourth-order valence-corrected chi connectivity index (χ4v) is 3.00. The smallest absolute Gasteiger partial charge is 0.325 e. The van der Waals surface area contributed by atoms with Crippen LogP contribution in [0.25, 0.3) is 11.4 Å². The number of amides is 1. The number of nitrogens with zero attached hydrogens (tertiary/aromatic N) is 4. The van der Waals surface area contributed by atoms with Crippen LogP contribution in [0.3, 0.4) is 0 Å². The lowest BCUT2D eigenvalue weighted by Gasteiger charge is -2.09. The van der Waals surface area contributed by atoms with Gasteiger partial charge >= 0.3 is 6.18 Å². The molecule has 0 aliphatic carbocycles. The van der Waals surface area contributed by atoms with Crippen LogP contribution in [0.1, 0.15) is 5.56 Å². The fourth-order valence-electron chi connectivity index (χ4n) is 2.29. The van der Waals surface area contributed by atoms with Crippen LogP contribution in [0.4, 0.5) is 18.9 Å². The zero-order chi connectivity index (χ0) is 19.4. The highest BCUT2D eigenvalue weighted by Gasteiger charge is 2.30. The molecule has 0 spiro atoms. The number of benzene rings is 1. The first-order valence-corrected chi connectivity index (χ1v) is 8.73. The Labute approximate surface area is 156 Å². The third kappa shape index (κ3) is 4.64. The van der Waals surface area contributed by atoms with Crippen molar-refractivity contribution in [3.63, 3.8) is 0 Å². The van der Waals surface area contributed by atoms with E-state index in [4.69, 9.17) is 0 Å². The van der Waals surface area contributed by atoms with E-state index < -0.39 is 17.6 Å². The maximum absolute atomic E-state index is 12.7. The van der Waals surface area contributed by atoms with E-state index in [0.29, 0.717) is 11.0 Å². The molecule has 27 heavy (non-hydrogen) atoms. The van der Waals surface area contributed by atoms with Crippen LogP contribution in [-0.4, -0.2) is 31.4 Å². The number of carbonyl (C=O) groups excluding carboxylic acids is 1. The first kappa shape index (κ1) is 18.9. The van der Waals surface area contributed by atoms with E-state index in [-0.39, 0.29) is 11.4 Å². The summed E-state index contributed by atoms with van der Waals surface area (Å²) in [7, 11) is 1.77. The molecule has 1 aromatic carbocycles. The first-order valence-electron chi connectivity index (χ1n) is 7.74. The highest BCUT2D eigenvalue weighted by molar-refractivity contribution is 7.99. The van der Waals surface area contributed by atoms with E-state index in [2.05, 4.69) is 20.5 Å². The van der Waals surface area contributed by atoms with Gasteiger partial charge in [-0.3, -0.25) is 9.78 Å². The summed E-state index contributed by atoms with van der Waals surface area (Å²) in [5.74, 6) is 0.171. The number of nitrogens with one attached hydrogen (secondary N) is 1. The van der Waals surface area contributed by atoms with Gasteiger partial charge in [0.05, 0.1) is 11.3 Å². The van der Waals surface area contributed by atoms with E-state index in [1.165, 1.54) is 12.1 Å². The van der Waals surface area contributed by atoms with Crippen molar-refractivity contribution in [2.45, 2.75) is 11.3 Å². The standard InChI is InChI=1S/C17H14F3N5OS/c1-25-15(11-5-7-21-8-6-11)23-24-16(25)27-10-14(26)22-13-4-2-3-12(9-13)17(18,19)20/h2-9H,10H2,1H3,(H,22,26). The van der Waals surface area contributed by atoms with Crippen LogP contribution in [-0.2, 0) is 18.0 Å². The molecule has 0 saturated carbocycles. The van der Waals surface area contributed by atoms with Gasteiger partial charge in [0.15, 0.2) is 11.0 Å². The van der Waals surface area contributed by atoms with Crippen LogP contribution in [0.5, 0.6) is 0 Å². The maximum Gasteiger partial charge on any atom is 0.416 e. The predicted octanol–water partition coefficient (Wildman–Crippen LogP) is 3.63. The molecule has 0 radical (unpaired) electrons. The SMILES string of the molecule is Cn1c(SCC(=O)Nc2cccc(C(F)(F)F)c2)nnc1-c1ccncc1. The number of anilines is 1. The van der Waals surface area contributed by atoms with Crippen LogP contribution in [0, 0.1) is 0 Å². The Bertz CT molecular complexity index is 943. The molecule has 6 nitrogen and oxygen atoms in total. The molecule has 140 valence electrons. The molecule has 3 aromatic rings. The van der Waals surface area contributed by atoms with Gasteiger partial charge in [-0.2, -0.15) is 13.2 Å². The highest BCUT2D eigenvalue weighted by atomic mass is 32.2. The number of thioether (sulfide) groups is 1. The van der Waals surface area contributed by atoms with Crippen molar-refractivity contribution in [1.82, 2.24) is 19.7 Å². The van der Waals surface area contributed by atoms with Gasteiger partial charge in [0.1, 0.15) is 0 Å². The number of pyridine rings is 1. The third-order valence-electron chi connectivity index (χ3n) is 3.58. The summed E-state index contributed by atoms with van der Waals surface area (Å²) in [6.07, 6.45) is -1.18. The average Bonchev–Trinajstić information content (AvgIpc) is 3.01. The molecule has 0 saturated heterocycles. The van der Waals surface area contributed by atoms with Crippen LogP contribution in [0.2, 0.25) is 0 Å². The molecular weight excluding hydrogens is 379 g/mol. The number of rotatable bonds is 5. The second-order valence-corrected chi connectivity index (χ2v) is 6.46. The van der Waals surface area contributed by atoms with Crippen LogP contribution < -0.4 is 5.32 Å². The molecule has 0 atom stereocenters. The van der Waals surface area contributed by atoms with Gasteiger partial charge in [-0.05, 0) is 30.3 Å². The normalized spacial score (nSPS) is 11.4. The Morgan fingerprint density at radius 2 is 1.93 bits per heavy atom. The first-order chi connectivity index (χ1) is 12.8. The van der Waals surface area contributed by atoms with Crippen molar-refractivity contribution < 1.29 is 18.0 Å². The summed E-state index contributed by atoms with van der Waals surface area (Å²) >= 11 is 1.14. The fraction of sp³-hybridized carbons (Fsp3) is 0.176. The molecule has 0 unspecified atom stereocenters. The minimum atomic E-state index is -4.46. The summed E-state index contributed by atoms with van der Waals surface area (Å²) in [5.41, 5.74) is 0.106. The Balaban J connectivity index is 1.63. The Hall–Kier alpha value is -2.88. The second kappa shape index (κ2) is 7.78. The van der Waals surface area contributed by atoms with Crippen molar-refractivity contribution in [2.75, 3.05) is 11.1 Å². The molecule has 0 aliphatic rings. The topological polar surface area (TPSA) is 72.7 Å². The molecule has 3 rings (SSSR count). The van der Waals surface area contributed by atoms with Gasteiger partial charge in [-0.1, -0.05) is 17.8 Å². The molecule has 0 aliphatic heterocycles. The minimum absolute atomic E-state index is 0.0153. The number of alkyl halides is 3. The summed E-state index contributed by atoms with van der Waals surface area (Å²) in [6.45, 7) is 0. The lowest BCUT2D eigenvalue weighted by atomic mass is 10.2. The van der Waals surface area contributed by atoms with Gasteiger partial charge in [-0.15, -0.1) is 10.2 Å². The molecule has 1 N–H and O–H groups in total. The number of hydrogen-bond donors (Lipinski definition) is 1. The van der Waals surface area contributed by atoms with Gasteiger partial charge in [-0.25, -0.2) is 0 Å². The Kier molecular flexibility index (Phi) is 5.45. The van der Waals surface area contributed by atoms with E-state index in [9.17, 15) is 18.0 Å². The van der Waals surface area contributed by atoms with E-state index in [0.717, 1.165) is 29.5 Å². The summed E-state index contributed by atoms with van der Waals surface area (Å²) in [5, 5.41) is 11.1. The maximum atomic E-state index is 12.7. The number of carbonyl (C=O) groups is 1.